The van der Waals surface area contributed by atoms with Gasteiger partial charge in [0.1, 0.15) is 11.6 Å². The van der Waals surface area contributed by atoms with Crippen molar-refractivity contribution in [3.63, 3.8) is 0 Å². The van der Waals surface area contributed by atoms with Crippen LogP contribution in [-0.2, 0) is 16.3 Å². The molecule has 1 aromatic rings. The molecule has 0 saturated heterocycles. The SMILES string of the molecule is CNC(Cc1cc(F)cc(F)c1)C(C)(C)S(C)(=O)=O. The van der Waals surface area contributed by atoms with E-state index in [1.165, 1.54) is 12.1 Å². The third-order valence-corrected chi connectivity index (χ3v) is 5.70. The Balaban J connectivity index is 3.07. The largest absolute Gasteiger partial charge is 0.315 e. The van der Waals surface area contributed by atoms with Crippen molar-refractivity contribution in [1.82, 2.24) is 5.32 Å². The van der Waals surface area contributed by atoms with E-state index in [1.54, 1.807) is 20.9 Å². The van der Waals surface area contributed by atoms with Crippen molar-refractivity contribution in [2.45, 2.75) is 31.1 Å². The highest BCUT2D eigenvalue weighted by atomic mass is 32.2. The summed E-state index contributed by atoms with van der Waals surface area (Å²) in [6.07, 6.45) is 1.38. The van der Waals surface area contributed by atoms with E-state index in [2.05, 4.69) is 5.32 Å². The molecule has 0 aliphatic heterocycles. The van der Waals surface area contributed by atoms with Gasteiger partial charge < -0.3 is 5.32 Å². The van der Waals surface area contributed by atoms with Crippen LogP contribution in [-0.4, -0.2) is 32.5 Å². The summed E-state index contributed by atoms with van der Waals surface area (Å²) in [4.78, 5) is 0. The van der Waals surface area contributed by atoms with Crippen LogP contribution in [0.15, 0.2) is 18.2 Å². The molecular formula is C13H19F2NO2S. The fourth-order valence-electron chi connectivity index (χ4n) is 1.92. The lowest BCUT2D eigenvalue weighted by Crippen LogP contribution is -2.51. The minimum atomic E-state index is -3.30. The molecule has 0 heterocycles. The summed E-state index contributed by atoms with van der Waals surface area (Å²) in [5, 5.41) is 2.91. The van der Waals surface area contributed by atoms with Gasteiger partial charge in [-0.2, -0.15) is 0 Å². The number of rotatable bonds is 5. The lowest BCUT2D eigenvalue weighted by atomic mass is 9.95. The molecule has 6 heteroatoms. The molecule has 0 amide bonds. The maximum absolute atomic E-state index is 13.1. The maximum atomic E-state index is 13.1. The van der Waals surface area contributed by atoms with Crippen LogP contribution in [0.2, 0.25) is 0 Å². The summed E-state index contributed by atoms with van der Waals surface area (Å²) in [5.41, 5.74) is 0.425. The normalized spacial score (nSPS) is 14.4. The number of nitrogens with one attached hydrogen (secondary N) is 1. The number of hydrogen-bond acceptors (Lipinski definition) is 3. The van der Waals surface area contributed by atoms with E-state index >= 15 is 0 Å². The Morgan fingerprint density at radius 1 is 1.21 bits per heavy atom. The first kappa shape index (κ1) is 16.0. The summed E-state index contributed by atoms with van der Waals surface area (Å²) in [6, 6.07) is 2.78. The Hall–Kier alpha value is -1.01. The average molecular weight is 291 g/mol. The molecular weight excluding hydrogens is 272 g/mol. The van der Waals surface area contributed by atoms with E-state index in [4.69, 9.17) is 0 Å². The zero-order chi connectivity index (χ0) is 14.8. The molecule has 0 radical (unpaired) electrons. The Labute approximate surface area is 112 Å². The monoisotopic (exact) mass is 291 g/mol. The molecule has 0 saturated carbocycles. The molecule has 0 aromatic heterocycles. The molecule has 19 heavy (non-hydrogen) atoms. The summed E-state index contributed by atoms with van der Waals surface area (Å²) < 4.78 is 48.8. The molecule has 3 nitrogen and oxygen atoms in total. The predicted octanol–water partition coefficient (Wildman–Crippen LogP) is 1.92. The first-order valence-electron chi connectivity index (χ1n) is 5.89. The van der Waals surface area contributed by atoms with Gasteiger partial charge in [-0.25, -0.2) is 17.2 Å². The zero-order valence-electron chi connectivity index (χ0n) is 11.5. The molecule has 1 unspecified atom stereocenters. The average Bonchev–Trinajstić information content (AvgIpc) is 2.22. The Bertz CT molecular complexity index is 536. The van der Waals surface area contributed by atoms with Crippen LogP contribution >= 0.6 is 0 Å². The van der Waals surface area contributed by atoms with Crippen molar-refractivity contribution < 1.29 is 17.2 Å². The summed E-state index contributed by atoms with van der Waals surface area (Å²) in [5.74, 6) is -1.33. The van der Waals surface area contributed by atoms with Gasteiger partial charge in [0.05, 0.1) is 4.75 Å². The fraction of sp³-hybridized carbons (Fsp3) is 0.538. The Kier molecular flexibility index (Phi) is 4.68. The van der Waals surface area contributed by atoms with Gasteiger partial charge in [0.15, 0.2) is 9.84 Å². The van der Waals surface area contributed by atoms with Gasteiger partial charge in [-0.05, 0) is 45.0 Å². The molecule has 1 aromatic carbocycles. The molecule has 1 N–H and O–H groups in total. The Morgan fingerprint density at radius 2 is 1.68 bits per heavy atom. The van der Waals surface area contributed by atoms with Crippen molar-refractivity contribution in [3.05, 3.63) is 35.4 Å². The van der Waals surface area contributed by atoms with Crippen LogP contribution in [0.3, 0.4) is 0 Å². The number of sulfone groups is 1. The molecule has 0 aliphatic rings. The Morgan fingerprint density at radius 3 is 2.05 bits per heavy atom. The van der Waals surface area contributed by atoms with E-state index < -0.39 is 32.3 Å². The van der Waals surface area contributed by atoms with Crippen LogP contribution in [0, 0.1) is 11.6 Å². The molecule has 0 bridgehead atoms. The first-order valence-corrected chi connectivity index (χ1v) is 7.79. The predicted molar refractivity (Wildman–Crippen MR) is 71.8 cm³/mol. The maximum Gasteiger partial charge on any atom is 0.154 e. The van der Waals surface area contributed by atoms with Crippen molar-refractivity contribution in [2.75, 3.05) is 13.3 Å². The summed E-state index contributed by atoms with van der Waals surface area (Å²) in [7, 11) is -1.67. The third kappa shape index (κ3) is 3.73. The minimum absolute atomic E-state index is 0.227. The smallest absolute Gasteiger partial charge is 0.154 e. The van der Waals surface area contributed by atoms with Gasteiger partial charge in [-0.3, -0.25) is 0 Å². The van der Waals surface area contributed by atoms with E-state index in [0.29, 0.717) is 5.56 Å². The van der Waals surface area contributed by atoms with Crippen LogP contribution in [0.1, 0.15) is 19.4 Å². The van der Waals surface area contributed by atoms with Crippen molar-refractivity contribution in [3.8, 4) is 0 Å². The second-order valence-electron chi connectivity index (χ2n) is 5.20. The zero-order valence-corrected chi connectivity index (χ0v) is 12.3. The van der Waals surface area contributed by atoms with Gasteiger partial charge in [0.2, 0.25) is 0 Å². The van der Waals surface area contributed by atoms with Crippen LogP contribution in [0.5, 0.6) is 0 Å². The second-order valence-corrected chi connectivity index (χ2v) is 7.80. The van der Waals surface area contributed by atoms with Gasteiger partial charge in [-0.15, -0.1) is 0 Å². The minimum Gasteiger partial charge on any atom is -0.315 e. The number of likely N-dealkylation sites (N-methyl/N-ethyl adjacent to an activating group) is 1. The number of benzene rings is 1. The highest BCUT2D eigenvalue weighted by Gasteiger charge is 2.38. The number of hydrogen-bond donors (Lipinski definition) is 1. The van der Waals surface area contributed by atoms with Gasteiger partial charge in [0, 0.05) is 18.4 Å². The third-order valence-electron chi connectivity index (χ3n) is 3.51. The lowest BCUT2D eigenvalue weighted by Gasteiger charge is -2.32. The highest BCUT2D eigenvalue weighted by molar-refractivity contribution is 7.92. The molecule has 1 atom stereocenters. The lowest BCUT2D eigenvalue weighted by molar-refractivity contribution is 0.429. The van der Waals surface area contributed by atoms with Crippen LogP contribution in [0.25, 0.3) is 0 Å². The van der Waals surface area contributed by atoms with Crippen molar-refractivity contribution in [1.29, 1.82) is 0 Å². The summed E-state index contributed by atoms with van der Waals surface area (Å²) >= 11 is 0. The summed E-state index contributed by atoms with van der Waals surface area (Å²) in [6.45, 7) is 3.19. The molecule has 0 fully saturated rings. The quantitative estimate of drug-likeness (QED) is 0.901. The number of halogens is 2. The first-order chi connectivity index (χ1) is 8.57. The van der Waals surface area contributed by atoms with E-state index in [1.807, 2.05) is 0 Å². The van der Waals surface area contributed by atoms with Crippen molar-refractivity contribution >= 4 is 9.84 Å². The topological polar surface area (TPSA) is 46.2 Å². The van der Waals surface area contributed by atoms with E-state index in [0.717, 1.165) is 12.3 Å². The van der Waals surface area contributed by atoms with Gasteiger partial charge in [-0.1, -0.05) is 0 Å². The van der Waals surface area contributed by atoms with Crippen LogP contribution < -0.4 is 5.32 Å². The van der Waals surface area contributed by atoms with E-state index in [9.17, 15) is 17.2 Å². The standard InChI is InChI=1S/C13H19F2NO2S/c1-13(2,19(4,17)18)12(16-3)7-9-5-10(14)8-11(15)6-9/h5-6,8,12,16H,7H2,1-4H3. The van der Waals surface area contributed by atoms with E-state index in [-0.39, 0.29) is 6.42 Å². The molecule has 1 rings (SSSR count). The molecule has 0 aliphatic carbocycles. The van der Waals surface area contributed by atoms with Crippen LogP contribution in [0.4, 0.5) is 8.78 Å². The van der Waals surface area contributed by atoms with Gasteiger partial charge in [0.25, 0.3) is 0 Å². The molecule has 108 valence electrons. The van der Waals surface area contributed by atoms with Gasteiger partial charge >= 0.3 is 0 Å². The van der Waals surface area contributed by atoms with Crippen molar-refractivity contribution in [2.24, 2.45) is 0 Å². The fourth-order valence-corrected chi connectivity index (χ4v) is 2.64. The molecule has 0 spiro atoms. The highest BCUT2D eigenvalue weighted by Crippen LogP contribution is 2.23. The second kappa shape index (κ2) is 5.54.